The number of hydrogen-bond donors (Lipinski definition) is 1. The minimum absolute atomic E-state index is 0.119. The van der Waals surface area contributed by atoms with Crippen LogP contribution in [0.1, 0.15) is 44.6 Å². The van der Waals surface area contributed by atoms with Crippen LogP contribution in [0.5, 0.6) is 0 Å². The molecule has 2 heterocycles. The van der Waals surface area contributed by atoms with Crippen LogP contribution in [0.15, 0.2) is 17.2 Å². The number of anilines is 1. The first-order chi connectivity index (χ1) is 10.3. The fraction of sp³-hybridized carbons (Fsp3) is 0.571. The Bertz CT molecular complexity index is 760. The number of nitrogens with one attached hydrogen (secondary N) is 1. The Kier molecular flexibility index (Phi) is 4.60. The molecule has 0 saturated carbocycles. The minimum atomic E-state index is -3.69. The highest BCUT2D eigenvalue weighted by Crippen LogP contribution is 2.24. The molecule has 22 heavy (non-hydrogen) atoms. The van der Waals surface area contributed by atoms with Gasteiger partial charge in [-0.2, -0.15) is 10.2 Å². The van der Waals surface area contributed by atoms with Crippen LogP contribution in [-0.2, 0) is 16.6 Å². The molecule has 0 saturated heterocycles. The maximum absolute atomic E-state index is 12.7. The van der Waals surface area contributed by atoms with Crippen LogP contribution < -0.4 is 4.72 Å². The highest BCUT2D eigenvalue weighted by Gasteiger charge is 2.25. The van der Waals surface area contributed by atoms with Crippen LogP contribution in [0.4, 0.5) is 5.82 Å². The van der Waals surface area contributed by atoms with Crippen molar-refractivity contribution >= 4 is 15.8 Å². The summed E-state index contributed by atoms with van der Waals surface area (Å²) in [5.74, 6) is 0.470. The van der Waals surface area contributed by atoms with Gasteiger partial charge in [0.1, 0.15) is 10.7 Å². The van der Waals surface area contributed by atoms with E-state index in [1.807, 2.05) is 20.8 Å². The fourth-order valence-corrected chi connectivity index (χ4v) is 3.95. The maximum atomic E-state index is 12.7. The van der Waals surface area contributed by atoms with Crippen LogP contribution in [0.25, 0.3) is 0 Å². The Morgan fingerprint density at radius 1 is 1.32 bits per heavy atom. The lowest BCUT2D eigenvalue weighted by atomic mass is 10.3. The summed E-state index contributed by atoms with van der Waals surface area (Å²) in [6, 6.07) is 1.78. The van der Waals surface area contributed by atoms with Crippen LogP contribution in [0.2, 0.25) is 0 Å². The van der Waals surface area contributed by atoms with E-state index >= 15 is 0 Å². The molecule has 1 N–H and O–H groups in total. The molecule has 0 unspecified atom stereocenters. The van der Waals surface area contributed by atoms with Gasteiger partial charge in [0.15, 0.2) is 0 Å². The summed E-state index contributed by atoms with van der Waals surface area (Å²) in [6.07, 6.45) is 2.46. The van der Waals surface area contributed by atoms with E-state index in [4.69, 9.17) is 0 Å². The first kappa shape index (κ1) is 16.5. The van der Waals surface area contributed by atoms with Crippen molar-refractivity contribution in [2.45, 2.75) is 58.5 Å². The van der Waals surface area contributed by atoms with Gasteiger partial charge < -0.3 is 0 Å². The van der Waals surface area contributed by atoms with Crippen molar-refractivity contribution in [3.05, 3.63) is 23.7 Å². The smallest absolute Gasteiger partial charge is 0.266 e. The number of sulfonamides is 1. The van der Waals surface area contributed by atoms with Gasteiger partial charge in [-0.3, -0.25) is 9.40 Å². The third kappa shape index (κ3) is 2.87. The lowest BCUT2D eigenvalue weighted by Crippen LogP contribution is -2.19. The topological polar surface area (TPSA) is 81.8 Å². The molecule has 2 aromatic rings. The second kappa shape index (κ2) is 6.12. The van der Waals surface area contributed by atoms with Gasteiger partial charge in [0.05, 0.1) is 23.6 Å². The predicted octanol–water partition coefficient (Wildman–Crippen LogP) is 2.49. The van der Waals surface area contributed by atoms with Gasteiger partial charge in [0, 0.05) is 12.6 Å². The van der Waals surface area contributed by atoms with Crippen LogP contribution in [0, 0.1) is 13.8 Å². The predicted molar refractivity (Wildman–Crippen MR) is 85.4 cm³/mol. The molecule has 2 aromatic heterocycles. The molecule has 0 bridgehead atoms. The molecule has 0 aliphatic rings. The molecule has 0 radical (unpaired) electrons. The Morgan fingerprint density at radius 3 is 2.55 bits per heavy atom. The summed E-state index contributed by atoms with van der Waals surface area (Å²) >= 11 is 0. The molecule has 0 fully saturated rings. The first-order valence-corrected chi connectivity index (χ1v) is 8.90. The second-order valence-electron chi connectivity index (χ2n) is 5.34. The lowest BCUT2D eigenvalue weighted by molar-refractivity contribution is 0.484. The summed E-state index contributed by atoms with van der Waals surface area (Å²) in [5, 5.41) is 8.47. The summed E-state index contributed by atoms with van der Waals surface area (Å²) < 4.78 is 31.5. The Balaban J connectivity index is 2.41. The third-order valence-electron chi connectivity index (χ3n) is 3.80. The molecular formula is C14H23N5O2S. The SMILES string of the molecule is CC[C@H](C)n1nccc1NS(=O)(=O)c1c(C)nn(CC)c1C. The highest BCUT2D eigenvalue weighted by atomic mass is 32.2. The lowest BCUT2D eigenvalue weighted by Gasteiger charge is -2.15. The van der Waals surface area contributed by atoms with E-state index in [-0.39, 0.29) is 10.9 Å². The summed E-state index contributed by atoms with van der Waals surface area (Å²) in [4.78, 5) is 0.242. The van der Waals surface area contributed by atoms with Crippen molar-refractivity contribution in [2.24, 2.45) is 0 Å². The van der Waals surface area contributed by atoms with Gasteiger partial charge in [-0.25, -0.2) is 13.1 Å². The molecule has 1 atom stereocenters. The number of rotatable bonds is 6. The zero-order valence-electron chi connectivity index (χ0n) is 13.7. The summed E-state index contributed by atoms with van der Waals surface area (Å²) in [7, 11) is -3.69. The van der Waals surface area contributed by atoms with Crippen molar-refractivity contribution < 1.29 is 8.42 Å². The molecule has 0 aliphatic carbocycles. The van der Waals surface area contributed by atoms with Gasteiger partial charge in [-0.1, -0.05) is 6.92 Å². The van der Waals surface area contributed by atoms with Gasteiger partial charge in [0.2, 0.25) is 0 Å². The molecule has 122 valence electrons. The fourth-order valence-electron chi connectivity index (χ4n) is 2.49. The molecule has 0 aliphatic heterocycles. The zero-order chi connectivity index (χ0) is 16.5. The molecular weight excluding hydrogens is 302 g/mol. The number of nitrogens with zero attached hydrogens (tertiary/aromatic N) is 4. The van der Waals surface area contributed by atoms with Gasteiger partial charge in [-0.15, -0.1) is 0 Å². The van der Waals surface area contributed by atoms with E-state index < -0.39 is 10.0 Å². The third-order valence-corrected chi connectivity index (χ3v) is 5.41. The number of hydrogen-bond acceptors (Lipinski definition) is 4. The Morgan fingerprint density at radius 2 is 2.00 bits per heavy atom. The second-order valence-corrected chi connectivity index (χ2v) is 6.96. The summed E-state index contributed by atoms with van der Waals surface area (Å²) in [5.41, 5.74) is 1.14. The molecule has 0 amide bonds. The van der Waals surface area contributed by atoms with Crippen molar-refractivity contribution in [1.82, 2.24) is 19.6 Å². The molecule has 7 nitrogen and oxygen atoms in total. The Labute approximate surface area is 131 Å². The highest BCUT2D eigenvalue weighted by molar-refractivity contribution is 7.92. The van der Waals surface area contributed by atoms with E-state index in [0.717, 1.165) is 6.42 Å². The maximum Gasteiger partial charge on any atom is 0.266 e. The Hall–Kier alpha value is -1.83. The summed E-state index contributed by atoms with van der Waals surface area (Å²) in [6.45, 7) is 10.1. The zero-order valence-corrected chi connectivity index (χ0v) is 14.5. The van der Waals surface area contributed by atoms with Crippen LogP contribution in [-0.4, -0.2) is 28.0 Å². The monoisotopic (exact) mass is 325 g/mol. The van der Waals surface area contributed by atoms with Gasteiger partial charge >= 0.3 is 0 Å². The van der Waals surface area contributed by atoms with Crippen molar-refractivity contribution in [3.63, 3.8) is 0 Å². The van der Waals surface area contributed by atoms with Gasteiger partial charge in [0.25, 0.3) is 10.0 Å². The number of aromatic nitrogens is 4. The molecule has 2 rings (SSSR count). The average Bonchev–Trinajstić information content (AvgIpc) is 3.01. The normalized spacial score (nSPS) is 13.3. The average molecular weight is 325 g/mol. The standard InChI is InChI=1S/C14H23N5O2S/c1-6-10(3)19-13(8-9-15-19)17-22(20,21)14-11(4)16-18(7-2)12(14)5/h8-10,17H,6-7H2,1-5H3/t10-/m0/s1. The van der Waals surface area contributed by atoms with E-state index in [1.54, 1.807) is 35.5 Å². The van der Waals surface area contributed by atoms with Crippen LogP contribution >= 0.6 is 0 Å². The van der Waals surface area contributed by atoms with E-state index in [0.29, 0.717) is 23.8 Å². The van der Waals surface area contributed by atoms with E-state index in [1.165, 1.54) is 0 Å². The van der Waals surface area contributed by atoms with Crippen molar-refractivity contribution in [1.29, 1.82) is 0 Å². The quantitative estimate of drug-likeness (QED) is 0.884. The van der Waals surface area contributed by atoms with E-state index in [9.17, 15) is 8.42 Å². The largest absolute Gasteiger partial charge is 0.268 e. The molecule has 0 aromatic carbocycles. The first-order valence-electron chi connectivity index (χ1n) is 7.42. The molecule has 0 spiro atoms. The minimum Gasteiger partial charge on any atom is -0.268 e. The van der Waals surface area contributed by atoms with Crippen molar-refractivity contribution in [2.75, 3.05) is 4.72 Å². The van der Waals surface area contributed by atoms with Crippen molar-refractivity contribution in [3.8, 4) is 0 Å². The number of aryl methyl sites for hydroxylation is 2. The van der Waals surface area contributed by atoms with Gasteiger partial charge in [-0.05, 0) is 34.1 Å². The molecule has 8 heteroatoms. The van der Waals surface area contributed by atoms with E-state index in [2.05, 4.69) is 14.9 Å². The van der Waals surface area contributed by atoms with Crippen LogP contribution in [0.3, 0.4) is 0 Å².